The van der Waals surface area contributed by atoms with Crippen LogP contribution in [-0.4, -0.2) is 23.2 Å². The quantitative estimate of drug-likeness (QED) is 0.865. The average molecular weight is 275 g/mol. The maximum atomic E-state index is 10.5. The molecule has 0 spiro atoms. The predicted molar refractivity (Wildman–Crippen MR) is 57.7 cm³/mol. The number of aliphatic carboxylic acids is 1. The highest BCUT2D eigenvalue weighted by atomic mass is 79.9. The average Bonchev–Trinajstić information content (AvgIpc) is 2.17. The summed E-state index contributed by atoms with van der Waals surface area (Å²) in [5, 5.41) is 8.58. The van der Waals surface area contributed by atoms with Gasteiger partial charge in [-0.1, -0.05) is 0 Å². The lowest BCUT2D eigenvalue weighted by Gasteiger charge is -2.10. The summed E-state index contributed by atoms with van der Waals surface area (Å²) in [5.41, 5.74) is 6.15. The number of carboxylic acid groups (broad SMARTS) is 1. The van der Waals surface area contributed by atoms with Crippen molar-refractivity contribution < 1.29 is 14.6 Å². The molecule has 0 aliphatic rings. The summed E-state index contributed by atoms with van der Waals surface area (Å²) in [5.74, 6) is -0.368. The number of hydrogen-bond donors (Lipinski definition) is 2. The molecule has 1 unspecified atom stereocenters. The molecule has 1 rings (SSSR count). The Morgan fingerprint density at radius 1 is 1.80 bits per heavy atom. The number of nitrogens with zero attached hydrogens (tertiary/aromatic N) is 1. The molecule has 3 N–H and O–H groups in total. The third kappa shape index (κ3) is 3.17. The van der Waals surface area contributed by atoms with E-state index in [1.807, 2.05) is 0 Å². The number of carbonyl (C=O) groups is 1. The number of carboxylic acids is 1. The molecular formula is C9H11BrN2O3. The highest BCUT2D eigenvalue weighted by Crippen LogP contribution is 2.26. The number of rotatable bonds is 4. The number of ether oxygens (including phenoxy) is 1. The van der Waals surface area contributed by atoms with E-state index in [1.54, 1.807) is 6.07 Å². The highest BCUT2D eigenvalue weighted by Gasteiger charge is 2.13. The molecule has 0 saturated carbocycles. The minimum atomic E-state index is -0.953. The van der Waals surface area contributed by atoms with E-state index in [-0.39, 0.29) is 6.42 Å². The van der Waals surface area contributed by atoms with Crippen molar-refractivity contribution in [3.63, 3.8) is 0 Å². The Morgan fingerprint density at radius 3 is 3.00 bits per heavy atom. The maximum absolute atomic E-state index is 10.5. The molecule has 0 radical (unpaired) electrons. The SMILES string of the molecule is COc1cc(C(N)CC(=O)O)ncc1Br. The molecule has 0 aliphatic carbocycles. The lowest BCUT2D eigenvalue weighted by Crippen LogP contribution is -2.16. The molecule has 0 bridgehead atoms. The molecule has 1 aromatic heterocycles. The van der Waals surface area contributed by atoms with E-state index < -0.39 is 12.0 Å². The Bertz CT molecular complexity index is 370. The molecule has 0 aromatic carbocycles. The first-order chi connectivity index (χ1) is 7.04. The van der Waals surface area contributed by atoms with Gasteiger partial charge in [0.15, 0.2) is 0 Å². The summed E-state index contributed by atoms with van der Waals surface area (Å²) >= 11 is 3.25. The van der Waals surface area contributed by atoms with Gasteiger partial charge in [0.25, 0.3) is 0 Å². The van der Waals surface area contributed by atoms with Gasteiger partial charge in [-0.25, -0.2) is 0 Å². The van der Waals surface area contributed by atoms with Crippen LogP contribution in [0.4, 0.5) is 0 Å². The van der Waals surface area contributed by atoms with Crippen LogP contribution >= 0.6 is 15.9 Å². The van der Waals surface area contributed by atoms with Gasteiger partial charge in [-0.05, 0) is 15.9 Å². The van der Waals surface area contributed by atoms with E-state index >= 15 is 0 Å². The lowest BCUT2D eigenvalue weighted by atomic mass is 10.1. The van der Waals surface area contributed by atoms with Crippen molar-refractivity contribution in [1.82, 2.24) is 4.98 Å². The van der Waals surface area contributed by atoms with Crippen molar-refractivity contribution in [3.8, 4) is 5.75 Å². The van der Waals surface area contributed by atoms with Crippen LogP contribution in [0, 0.1) is 0 Å². The van der Waals surface area contributed by atoms with Crippen LogP contribution in [0.3, 0.4) is 0 Å². The molecule has 82 valence electrons. The fourth-order valence-corrected chi connectivity index (χ4v) is 1.47. The van der Waals surface area contributed by atoms with Crippen molar-refractivity contribution in [1.29, 1.82) is 0 Å². The van der Waals surface area contributed by atoms with Crippen LogP contribution in [0.5, 0.6) is 5.75 Å². The van der Waals surface area contributed by atoms with Crippen LogP contribution < -0.4 is 10.5 Å². The first-order valence-electron chi connectivity index (χ1n) is 4.21. The number of halogens is 1. The van der Waals surface area contributed by atoms with E-state index in [0.717, 1.165) is 0 Å². The largest absolute Gasteiger partial charge is 0.495 e. The normalized spacial score (nSPS) is 12.2. The number of nitrogens with two attached hydrogens (primary N) is 1. The van der Waals surface area contributed by atoms with E-state index in [1.165, 1.54) is 13.3 Å². The first kappa shape index (κ1) is 11.9. The van der Waals surface area contributed by atoms with E-state index in [4.69, 9.17) is 15.6 Å². The molecular weight excluding hydrogens is 264 g/mol. The molecule has 0 fully saturated rings. The third-order valence-electron chi connectivity index (χ3n) is 1.84. The van der Waals surface area contributed by atoms with Gasteiger partial charge in [-0.2, -0.15) is 0 Å². The van der Waals surface area contributed by atoms with Crippen LogP contribution in [-0.2, 0) is 4.79 Å². The fraction of sp³-hybridized carbons (Fsp3) is 0.333. The number of pyridine rings is 1. The summed E-state index contributed by atoms with van der Waals surface area (Å²) in [6.07, 6.45) is 1.38. The molecule has 0 saturated heterocycles. The standard InChI is InChI=1S/C9H11BrN2O3/c1-15-8-3-7(12-4-5(8)10)6(11)2-9(13)14/h3-4,6H,2,11H2,1H3,(H,13,14). The minimum Gasteiger partial charge on any atom is -0.495 e. The topological polar surface area (TPSA) is 85.4 Å². The van der Waals surface area contributed by atoms with Gasteiger partial charge >= 0.3 is 5.97 Å². The Labute approximate surface area is 95.4 Å². The Hall–Kier alpha value is -1.14. The zero-order valence-electron chi connectivity index (χ0n) is 8.11. The van der Waals surface area contributed by atoms with Gasteiger partial charge in [0.2, 0.25) is 0 Å². The van der Waals surface area contributed by atoms with Crippen molar-refractivity contribution in [3.05, 3.63) is 22.4 Å². The maximum Gasteiger partial charge on any atom is 0.305 e. The van der Waals surface area contributed by atoms with Crippen LogP contribution in [0.2, 0.25) is 0 Å². The van der Waals surface area contributed by atoms with Gasteiger partial charge < -0.3 is 15.6 Å². The summed E-state index contributed by atoms with van der Waals surface area (Å²) in [4.78, 5) is 14.5. The van der Waals surface area contributed by atoms with Gasteiger partial charge in [0.1, 0.15) is 5.75 Å². The van der Waals surface area contributed by atoms with Gasteiger partial charge in [-0.15, -0.1) is 0 Å². The molecule has 5 nitrogen and oxygen atoms in total. The Kier molecular flexibility index (Phi) is 4.05. The van der Waals surface area contributed by atoms with Crippen molar-refractivity contribution in [2.75, 3.05) is 7.11 Å². The van der Waals surface area contributed by atoms with Gasteiger partial charge in [0.05, 0.1) is 29.7 Å². The van der Waals surface area contributed by atoms with Crippen LogP contribution in [0.25, 0.3) is 0 Å². The van der Waals surface area contributed by atoms with E-state index in [2.05, 4.69) is 20.9 Å². The second-order valence-electron chi connectivity index (χ2n) is 2.95. The lowest BCUT2D eigenvalue weighted by molar-refractivity contribution is -0.137. The molecule has 6 heteroatoms. The smallest absolute Gasteiger partial charge is 0.305 e. The van der Waals surface area contributed by atoms with Crippen LogP contribution in [0.1, 0.15) is 18.2 Å². The molecule has 15 heavy (non-hydrogen) atoms. The van der Waals surface area contributed by atoms with Gasteiger partial charge in [0, 0.05) is 12.3 Å². The second kappa shape index (κ2) is 5.09. The zero-order valence-corrected chi connectivity index (χ0v) is 9.69. The first-order valence-corrected chi connectivity index (χ1v) is 5.00. The number of aromatic nitrogens is 1. The fourth-order valence-electron chi connectivity index (χ4n) is 1.09. The van der Waals surface area contributed by atoms with E-state index in [9.17, 15) is 4.79 Å². The number of methoxy groups -OCH3 is 1. The summed E-state index contributed by atoms with van der Waals surface area (Å²) in [6.45, 7) is 0. The Morgan fingerprint density at radius 2 is 2.47 bits per heavy atom. The number of hydrogen-bond acceptors (Lipinski definition) is 4. The monoisotopic (exact) mass is 274 g/mol. The summed E-state index contributed by atoms with van der Waals surface area (Å²) in [6, 6.07) is 1.00. The third-order valence-corrected chi connectivity index (χ3v) is 2.43. The second-order valence-corrected chi connectivity index (χ2v) is 3.80. The molecule has 1 aromatic rings. The van der Waals surface area contributed by atoms with Crippen molar-refractivity contribution in [2.24, 2.45) is 5.73 Å². The molecule has 0 aliphatic heterocycles. The van der Waals surface area contributed by atoms with Crippen molar-refractivity contribution >= 4 is 21.9 Å². The minimum absolute atomic E-state index is 0.155. The summed E-state index contributed by atoms with van der Waals surface area (Å²) in [7, 11) is 1.52. The van der Waals surface area contributed by atoms with Crippen molar-refractivity contribution in [2.45, 2.75) is 12.5 Å². The highest BCUT2D eigenvalue weighted by molar-refractivity contribution is 9.10. The molecule has 0 amide bonds. The zero-order chi connectivity index (χ0) is 11.4. The molecule has 1 heterocycles. The molecule has 1 atom stereocenters. The summed E-state index contributed by atoms with van der Waals surface area (Å²) < 4.78 is 5.76. The van der Waals surface area contributed by atoms with E-state index in [0.29, 0.717) is 15.9 Å². The Balaban J connectivity index is 2.90. The van der Waals surface area contributed by atoms with Crippen LogP contribution in [0.15, 0.2) is 16.7 Å². The predicted octanol–water partition coefficient (Wildman–Crippen LogP) is 1.33. The van der Waals surface area contributed by atoms with Gasteiger partial charge in [-0.3, -0.25) is 9.78 Å².